The van der Waals surface area contributed by atoms with Crippen molar-refractivity contribution in [1.82, 2.24) is 15.1 Å². The summed E-state index contributed by atoms with van der Waals surface area (Å²) >= 11 is 1.56. The van der Waals surface area contributed by atoms with Gasteiger partial charge in [-0.3, -0.25) is 0 Å². The summed E-state index contributed by atoms with van der Waals surface area (Å²) in [6.45, 7) is 8.53. The van der Waals surface area contributed by atoms with Crippen LogP contribution in [-0.2, 0) is 12.8 Å². The fraction of sp³-hybridized carbons (Fsp3) is 0.583. The van der Waals surface area contributed by atoms with E-state index in [9.17, 15) is 0 Å². The summed E-state index contributed by atoms with van der Waals surface area (Å²) in [5.41, 5.74) is 1.23. The summed E-state index contributed by atoms with van der Waals surface area (Å²) in [6, 6.07) is 0. The maximum atomic E-state index is 5.24. The van der Waals surface area contributed by atoms with Gasteiger partial charge in [-0.05, 0) is 11.8 Å². The number of aryl methyl sites for hydroxylation is 1. The highest BCUT2D eigenvalue weighted by atomic mass is 32.1. The van der Waals surface area contributed by atoms with Crippen molar-refractivity contribution in [3.05, 3.63) is 17.0 Å². The van der Waals surface area contributed by atoms with Crippen LogP contribution < -0.4 is 0 Å². The van der Waals surface area contributed by atoms with Crippen LogP contribution in [0, 0.1) is 5.41 Å². The van der Waals surface area contributed by atoms with Crippen molar-refractivity contribution in [2.45, 2.75) is 40.5 Å². The third kappa shape index (κ3) is 3.12. The minimum atomic E-state index is 0.154. The molecule has 4 nitrogen and oxygen atoms in total. The van der Waals surface area contributed by atoms with Crippen molar-refractivity contribution in [3.63, 3.8) is 0 Å². The van der Waals surface area contributed by atoms with Gasteiger partial charge in [-0.1, -0.05) is 32.9 Å². The molecule has 0 bridgehead atoms. The molecule has 17 heavy (non-hydrogen) atoms. The van der Waals surface area contributed by atoms with Gasteiger partial charge in [-0.25, -0.2) is 4.98 Å². The molecule has 0 aliphatic rings. The minimum Gasteiger partial charge on any atom is -0.339 e. The highest BCUT2D eigenvalue weighted by Crippen LogP contribution is 2.24. The summed E-state index contributed by atoms with van der Waals surface area (Å²) in [4.78, 5) is 8.83. The first-order valence-corrected chi connectivity index (χ1v) is 6.63. The molecule has 0 atom stereocenters. The highest BCUT2D eigenvalue weighted by molar-refractivity contribution is 7.13. The van der Waals surface area contributed by atoms with Gasteiger partial charge in [0.2, 0.25) is 11.7 Å². The lowest BCUT2D eigenvalue weighted by Crippen LogP contribution is -2.09. The Morgan fingerprint density at radius 2 is 2.06 bits per heavy atom. The van der Waals surface area contributed by atoms with Gasteiger partial charge in [0.1, 0.15) is 0 Å². The summed E-state index contributed by atoms with van der Waals surface area (Å²) in [7, 11) is 0. The average Bonchev–Trinajstić information content (AvgIpc) is 2.82. The molecule has 0 N–H and O–H groups in total. The molecular formula is C12H17N3OS. The molecule has 2 aromatic heterocycles. The number of hydrogen-bond acceptors (Lipinski definition) is 5. The van der Waals surface area contributed by atoms with E-state index < -0.39 is 0 Å². The van der Waals surface area contributed by atoms with E-state index in [2.05, 4.69) is 42.8 Å². The van der Waals surface area contributed by atoms with E-state index in [0.717, 1.165) is 23.5 Å². The molecule has 2 heterocycles. The van der Waals surface area contributed by atoms with Crippen molar-refractivity contribution >= 4 is 11.3 Å². The molecule has 0 spiro atoms. The molecular weight excluding hydrogens is 234 g/mol. The van der Waals surface area contributed by atoms with Gasteiger partial charge < -0.3 is 4.52 Å². The zero-order valence-corrected chi connectivity index (χ0v) is 11.5. The second kappa shape index (κ2) is 4.56. The lowest BCUT2D eigenvalue weighted by atomic mass is 9.92. The number of nitrogens with zero attached hydrogens (tertiary/aromatic N) is 3. The highest BCUT2D eigenvalue weighted by Gasteiger charge is 2.18. The third-order valence-corrected chi connectivity index (χ3v) is 3.14. The first-order valence-electron chi connectivity index (χ1n) is 5.75. The summed E-state index contributed by atoms with van der Waals surface area (Å²) in [6.07, 6.45) is 1.72. The zero-order valence-electron chi connectivity index (χ0n) is 10.6. The Morgan fingerprint density at radius 1 is 1.29 bits per heavy atom. The molecule has 0 saturated heterocycles. The molecule has 0 aliphatic carbocycles. The predicted molar refractivity (Wildman–Crippen MR) is 67.9 cm³/mol. The Morgan fingerprint density at radius 3 is 2.65 bits per heavy atom. The monoisotopic (exact) mass is 251 g/mol. The quantitative estimate of drug-likeness (QED) is 0.839. The fourth-order valence-corrected chi connectivity index (χ4v) is 2.26. The van der Waals surface area contributed by atoms with Crippen molar-refractivity contribution < 1.29 is 4.52 Å². The van der Waals surface area contributed by atoms with E-state index in [0.29, 0.717) is 11.7 Å². The van der Waals surface area contributed by atoms with Crippen LogP contribution in [0.5, 0.6) is 0 Å². The van der Waals surface area contributed by atoms with Crippen LogP contribution in [0.3, 0.4) is 0 Å². The van der Waals surface area contributed by atoms with Gasteiger partial charge in [-0.15, -0.1) is 11.3 Å². The standard InChI is InChI=1S/C12H17N3OS/c1-5-8-7-17-11(13-8)10-14-9(16-15-10)6-12(2,3)4/h7H,5-6H2,1-4H3. The SMILES string of the molecule is CCc1csc(-c2noc(CC(C)(C)C)n2)n1. The van der Waals surface area contributed by atoms with Gasteiger partial charge in [0.05, 0.1) is 5.69 Å². The van der Waals surface area contributed by atoms with Crippen LogP contribution in [0.1, 0.15) is 39.3 Å². The van der Waals surface area contributed by atoms with Crippen LogP contribution in [0.15, 0.2) is 9.90 Å². The molecule has 0 aliphatic heterocycles. The normalized spacial score (nSPS) is 12.0. The molecule has 0 radical (unpaired) electrons. The molecule has 0 amide bonds. The molecule has 0 saturated carbocycles. The van der Waals surface area contributed by atoms with E-state index >= 15 is 0 Å². The van der Waals surface area contributed by atoms with E-state index in [1.807, 2.05) is 5.38 Å². The maximum absolute atomic E-state index is 5.24. The van der Waals surface area contributed by atoms with Crippen molar-refractivity contribution in [1.29, 1.82) is 0 Å². The second-order valence-corrected chi connectivity index (χ2v) is 6.10. The largest absolute Gasteiger partial charge is 0.339 e. The molecule has 0 fully saturated rings. The summed E-state index contributed by atoms with van der Waals surface area (Å²) < 4.78 is 5.24. The van der Waals surface area contributed by atoms with Crippen LogP contribution in [0.2, 0.25) is 0 Å². The number of rotatable bonds is 3. The zero-order chi connectivity index (χ0) is 12.5. The molecule has 2 aromatic rings. The van der Waals surface area contributed by atoms with Gasteiger partial charge in [0.25, 0.3) is 0 Å². The Balaban J connectivity index is 2.18. The molecule has 0 unspecified atom stereocenters. The summed E-state index contributed by atoms with van der Waals surface area (Å²) in [5, 5.41) is 6.86. The molecule has 2 rings (SSSR count). The lowest BCUT2D eigenvalue weighted by molar-refractivity contribution is 0.314. The van der Waals surface area contributed by atoms with Crippen LogP contribution in [0.4, 0.5) is 0 Å². The van der Waals surface area contributed by atoms with Crippen LogP contribution in [0.25, 0.3) is 10.8 Å². The smallest absolute Gasteiger partial charge is 0.231 e. The van der Waals surface area contributed by atoms with Crippen molar-refractivity contribution in [2.24, 2.45) is 5.41 Å². The van der Waals surface area contributed by atoms with E-state index in [4.69, 9.17) is 4.52 Å². The van der Waals surface area contributed by atoms with Crippen molar-refractivity contribution in [3.8, 4) is 10.8 Å². The molecule has 92 valence electrons. The van der Waals surface area contributed by atoms with Gasteiger partial charge in [0.15, 0.2) is 5.01 Å². The van der Waals surface area contributed by atoms with Crippen LogP contribution >= 0.6 is 11.3 Å². The van der Waals surface area contributed by atoms with Gasteiger partial charge in [-0.2, -0.15) is 4.98 Å². The van der Waals surface area contributed by atoms with Crippen LogP contribution in [-0.4, -0.2) is 15.1 Å². The fourth-order valence-electron chi connectivity index (χ4n) is 1.44. The number of hydrogen-bond donors (Lipinski definition) is 0. The van der Waals surface area contributed by atoms with Crippen molar-refractivity contribution in [2.75, 3.05) is 0 Å². The third-order valence-electron chi connectivity index (χ3n) is 2.25. The average molecular weight is 251 g/mol. The first-order chi connectivity index (χ1) is 7.98. The summed E-state index contributed by atoms with van der Waals surface area (Å²) in [5.74, 6) is 1.29. The van der Waals surface area contributed by atoms with Gasteiger partial charge in [0, 0.05) is 11.8 Å². The topological polar surface area (TPSA) is 51.8 Å². The first kappa shape index (κ1) is 12.2. The Labute approximate surface area is 105 Å². The second-order valence-electron chi connectivity index (χ2n) is 5.25. The Bertz CT molecular complexity index is 496. The molecule has 0 aromatic carbocycles. The predicted octanol–water partition coefficient (Wildman–Crippen LogP) is 3.34. The lowest BCUT2D eigenvalue weighted by Gasteiger charge is -2.13. The van der Waals surface area contributed by atoms with E-state index in [-0.39, 0.29) is 5.41 Å². The van der Waals surface area contributed by atoms with Gasteiger partial charge >= 0.3 is 0 Å². The Hall–Kier alpha value is -1.23. The van der Waals surface area contributed by atoms with E-state index in [1.54, 1.807) is 11.3 Å². The molecule has 5 heteroatoms. The van der Waals surface area contributed by atoms with E-state index in [1.165, 1.54) is 0 Å². The Kier molecular flexibility index (Phi) is 3.28. The maximum Gasteiger partial charge on any atom is 0.231 e. The number of aromatic nitrogens is 3. The number of thiazole rings is 1. The minimum absolute atomic E-state index is 0.154.